The monoisotopic (exact) mass is 429 g/mol. The fourth-order valence-corrected chi connectivity index (χ4v) is 5.23. The molecule has 0 heterocycles. The van der Waals surface area contributed by atoms with Crippen molar-refractivity contribution in [1.29, 1.82) is 0 Å². The number of amides is 1. The molecular weight excluding hydrogens is 410 g/mol. The second kappa shape index (κ2) is 6.42. The summed E-state index contributed by atoms with van der Waals surface area (Å²) < 4.78 is 0. The third-order valence-corrected chi connectivity index (χ3v) is 6.68. The number of aliphatic carboxylic acids is 1. The topological polar surface area (TPSA) is 195 Å². The highest BCUT2D eigenvalue weighted by atomic mass is 16.4. The number of phenolic OH excluding ortho intramolecular Hbond substituents is 1. The molecule has 10 heteroatoms. The lowest BCUT2D eigenvalue weighted by Gasteiger charge is -2.49. The van der Waals surface area contributed by atoms with Crippen molar-refractivity contribution >= 4 is 29.2 Å². The van der Waals surface area contributed by atoms with Crippen molar-refractivity contribution in [2.45, 2.75) is 24.9 Å². The van der Waals surface area contributed by atoms with E-state index in [-0.39, 0.29) is 17.5 Å². The number of hydrogen-bond acceptors (Lipinski definition) is 8. The fourth-order valence-electron chi connectivity index (χ4n) is 5.23. The molecule has 5 atom stereocenters. The lowest BCUT2D eigenvalue weighted by atomic mass is 9.54. The van der Waals surface area contributed by atoms with Gasteiger partial charge in [0.05, 0.1) is 11.5 Å². The maximum Gasteiger partial charge on any atom is 0.311 e. The zero-order valence-corrected chi connectivity index (χ0v) is 16.2. The number of nitrogens with two attached hydrogens (primary N) is 1. The Kier molecular flexibility index (Phi) is 4.27. The number of aromatic hydroxyl groups is 1. The largest absolute Gasteiger partial charge is 0.508 e. The molecule has 4 rings (SSSR count). The number of benzene rings is 1. The van der Waals surface area contributed by atoms with Crippen LogP contribution in [0.1, 0.15) is 30.4 Å². The van der Waals surface area contributed by atoms with Crippen molar-refractivity contribution in [3.05, 3.63) is 46.2 Å². The number of carbonyl (C=O) groups excluding carboxylic acids is 3. The van der Waals surface area contributed by atoms with Crippen LogP contribution in [0, 0.1) is 17.8 Å². The van der Waals surface area contributed by atoms with Crippen LogP contribution in [0.2, 0.25) is 0 Å². The van der Waals surface area contributed by atoms with Crippen molar-refractivity contribution in [1.82, 2.24) is 0 Å². The summed E-state index contributed by atoms with van der Waals surface area (Å²) in [6, 6.07) is 3.98. The van der Waals surface area contributed by atoms with Crippen molar-refractivity contribution in [2.75, 3.05) is 0 Å². The standard InChI is InChI=1S/C21H19NO9/c1-6-9-5-8-11(20(29)30)7-3-2-4-10(23)12(7)16(25)13(8)17(26)21(9,31)18(27)14(15(6)24)19(22)28/h2-4,6,8-9,11,23,25,27,31H,5H2,1H3,(H2,22,28)(H,29,30)/t6-,8+,9-,11+,21-/m0/s1. The molecule has 1 fully saturated rings. The van der Waals surface area contributed by atoms with E-state index in [0.29, 0.717) is 0 Å². The zero-order valence-electron chi connectivity index (χ0n) is 16.2. The van der Waals surface area contributed by atoms with E-state index < -0.39 is 81.1 Å². The smallest absolute Gasteiger partial charge is 0.311 e. The molecule has 0 unspecified atom stereocenters. The number of hydrogen-bond donors (Lipinski definition) is 6. The van der Waals surface area contributed by atoms with E-state index in [0.717, 1.165) is 0 Å². The SMILES string of the molecule is C[C@@H]1C(=O)C(C(N)=O)=C(O)[C@@]2(O)C(=O)C3=C(O)c4c(O)cccc4[C@@H](C(=O)O)[C@H]3C[C@@H]12. The highest BCUT2D eigenvalue weighted by Crippen LogP contribution is 2.56. The maximum atomic E-state index is 13.4. The number of aliphatic hydroxyl groups is 3. The van der Waals surface area contributed by atoms with Crippen LogP contribution < -0.4 is 5.73 Å². The van der Waals surface area contributed by atoms with Crippen molar-refractivity contribution < 1.29 is 44.7 Å². The molecule has 1 amide bonds. The second-order valence-electron chi connectivity index (χ2n) is 8.10. The van der Waals surface area contributed by atoms with Gasteiger partial charge in [0.1, 0.15) is 22.8 Å². The second-order valence-corrected chi connectivity index (χ2v) is 8.10. The Balaban J connectivity index is 2.03. The molecule has 0 radical (unpaired) electrons. The van der Waals surface area contributed by atoms with Crippen LogP contribution in [-0.2, 0) is 19.2 Å². The minimum Gasteiger partial charge on any atom is -0.508 e. The Bertz CT molecular complexity index is 1150. The summed E-state index contributed by atoms with van der Waals surface area (Å²) in [5.41, 5.74) is 0.799. The van der Waals surface area contributed by atoms with Crippen LogP contribution in [0.4, 0.5) is 0 Å². The summed E-state index contributed by atoms with van der Waals surface area (Å²) in [6.45, 7) is 1.34. The van der Waals surface area contributed by atoms with Gasteiger partial charge in [0, 0.05) is 23.3 Å². The molecule has 162 valence electrons. The number of ketones is 2. The fraction of sp³-hybridized carbons (Fsp3) is 0.333. The molecule has 0 aromatic heterocycles. The van der Waals surface area contributed by atoms with Crippen molar-refractivity contribution in [2.24, 2.45) is 23.5 Å². The summed E-state index contributed by atoms with van der Waals surface area (Å²) >= 11 is 0. The Morgan fingerprint density at radius 3 is 2.39 bits per heavy atom. The van der Waals surface area contributed by atoms with Gasteiger partial charge in [-0.25, -0.2) is 0 Å². The molecule has 3 aliphatic rings. The van der Waals surface area contributed by atoms with Crippen molar-refractivity contribution in [3.8, 4) is 5.75 Å². The third kappa shape index (κ3) is 2.42. The van der Waals surface area contributed by atoms with E-state index in [4.69, 9.17) is 5.73 Å². The molecule has 1 saturated carbocycles. The molecule has 0 bridgehead atoms. The van der Waals surface area contributed by atoms with Gasteiger partial charge in [-0.2, -0.15) is 0 Å². The number of aliphatic hydroxyl groups excluding tert-OH is 2. The van der Waals surface area contributed by atoms with Crippen LogP contribution in [0.25, 0.3) is 5.76 Å². The van der Waals surface area contributed by atoms with Gasteiger partial charge < -0.3 is 31.3 Å². The molecular formula is C21H19NO9. The van der Waals surface area contributed by atoms with Gasteiger partial charge in [0.15, 0.2) is 11.4 Å². The predicted molar refractivity (Wildman–Crippen MR) is 103 cm³/mol. The Labute approximate surface area is 174 Å². The van der Waals surface area contributed by atoms with Gasteiger partial charge in [-0.05, 0) is 18.1 Å². The summed E-state index contributed by atoms with van der Waals surface area (Å²) in [5, 5.41) is 52.8. The number of carboxylic acids is 1. The summed E-state index contributed by atoms with van der Waals surface area (Å²) in [5.74, 6) is -12.1. The van der Waals surface area contributed by atoms with Gasteiger partial charge in [0.2, 0.25) is 5.78 Å². The molecule has 1 aromatic carbocycles. The van der Waals surface area contributed by atoms with Crippen LogP contribution in [0.5, 0.6) is 5.75 Å². The molecule has 1 aromatic rings. The van der Waals surface area contributed by atoms with Gasteiger partial charge in [-0.1, -0.05) is 19.1 Å². The summed E-state index contributed by atoms with van der Waals surface area (Å²) in [6.07, 6.45) is -0.267. The Morgan fingerprint density at radius 1 is 1.16 bits per heavy atom. The Hall–Kier alpha value is -3.66. The number of phenols is 1. The molecule has 31 heavy (non-hydrogen) atoms. The Morgan fingerprint density at radius 2 is 1.81 bits per heavy atom. The summed E-state index contributed by atoms with van der Waals surface area (Å²) in [7, 11) is 0. The maximum absolute atomic E-state index is 13.4. The van der Waals surface area contributed by atoms with Gasteiger partial charge in [-0.15, -0.1) is 0 Å². The predicted octanol–water partition coefficient (Wildman–Crippen LogP) is 0.296. The number of primary amides is 1. The number of carbonyl (C=O) groups is 4. The van der Waals surface area contributed by atoms with Gasteiger partial charge >= 0.3 is 5.97 Å². The van der Waals surface area contributed by atoms with Crippen LogP contribution >= 0.6 is 0 Å². The van der Waals surface area contributed by atoms with Crippen LogP contribution in [0.3, 0.4) is 0 Å². The zero-order chi connectivity index (χ0) is 23.0. The molecule has 7 N–H and O–H groups in total. The van der Waals surface area contributed by atoms with Crippen LogP contribution in [0.15, 0.2) is 35.1 Å². The first-order valence-electron chi connectivity index (χ1n) is 9.47. The quantitative estimate of drug-likeness (QED) is 0.358. The minimum atomic E-state index is -2.76. The number of fused-ring (bicyclic) bond motifs is 3. The molecule has 0 aliphatic heterocycles. The van der Waals surface area contributed by atoms with E-state index >= 15 is 0 Å². The highest BCUT2D eigenvalue weighted by molar-refractivity contribution is 6.23. The van der Waals surface area contributed by atoms with Crippen LogP contribution in [-0.4, -0.2) is 54.6 Å². The molecule has 3 aliphatic carbocycles. The van der Waals surface area contributed by atoms with E-state index in [2.05, 4.69) is 0 Å². The van der Waals surface area contributed by atoms with Crippen molar-refractivity contribution in [3.63, 3.8) is 0 Å². The lowest BCUT2D eigenvalue weighted by molar-refractivity contribution is -0.154. The first kappa shape index (κ1) is 20.6. The van der Waals surface area contributed by atoms with E-state index in [1.165, 1.54) is 25.1 Å². The summed E-state index contributed by atoms with van der Waals surface area (Å²) in [4.78, 5) is 49.9. The number of Topliss-reactive ketones (excluding diaryl/α,β-unsaturated/α-hetero) is 2. The molecule has 0 spiro atoms. The van der Waals surface area contributed by atoms with Gasteiger partial charge in [-0.3, -0.25) is 19.2 Å². The van der Waals surface area contributed by atoms with E-state index in [1.807, 2.05) is 0 Å². The first-order chi connectivity index (χ1) is 14.4. The normalized spacial score (nSPS) is 32.3. The molecule has 10 nitrogen and oxygen atoms in total. The number of rotatable bonds is 2. The van der Waals surface area contributed by atoms with Gasteiger partial charge in [0.25, 0.3) is 5.91 Å². The first-order valence-corrected chi connectivity index (χ1v) is 9.47. The minimum absolute atomic E-state index is 0.0735. The number of carboxylic acid groups (broad SMARTS) is 1. The highest BCUT2D eigenvalue weighted by Gasteiger charge is 2.64. The lowest BCUT2D eigenvalue weighted by Crippen LogP contribution is -2.61. The average Bonchev–Trinajstić information content (AvgIpc) is 2.68. The third-order valence-electron chi connectivity index (χ3n) is 6.68. The van der Waals surface area contributed by atoms with E-state index in [1.54, 1.807) is 0 Å². The average molecular weight is 429 g/mol. The van der Waals surface area contributed by atoms with E-state index in [9.17, 15) is 44.7 Å². The molecule has 0 saturated heterocycles.